The number of hydrogen-bond donors (Lipinski definition) is 3. The molecule has 29 heavy (non-hydrogen) atoms. The van der Waals surface area contributed by atoms with Crippen molar-refractivity contribution >= 4 is 30.3 Å². The molecule has 0 bridgehead atoms. The molecule has 4 atom stereocenters. The molecule has 1 aliphatic carbocycles. The molecule has 3 rings (SSSR count). The van der Waals surface area contributed by atoms with Gasteiger partial charge in [-0.2, -0.15) is 8.78 Å². The number of rotatable bonds is 5. The Bertz CT molecular complexity index is 792. The smallest absolute Gasteiger partial charge is 0.414 e. The molecule has 1 heterocycles. The number of carbonyl (C=O) groups is 2. The number of amides is 2. The maximum absolute atomic E-state index is 14.6. The monoisotopic (exact) mass is 436 g/mol. The lowest BCUT2D eigenvalue weighted by Gasteiger charge is -2.29. The largest absolute Gasteiger partial charge is 0.442 e. The maximum atomic E-state index is 14.6. The van der Waals surface area contributed by atoms with Crippen LogP contribution >= 0.6 is 12.6 Å². The molecule has 1 aromatic rings. The summed E-state index contributed by atoms with van der Waals surface area (Å²) in [5.41, 5.74) is 0.493. The van der Waals surface area contributed by atoms with Gasteiger partial charge in [-0.15, -0.1) is 0 Å². The molecule has 2 amide bonds. The van der Waals surface area contributed by atoms with Crippen molar-refractivity contribution in [3.63, 3.8) is 0 Å². The molecule has 2 fully saturated rings. The van der Waals surface area contributed by atoms with Gasteiger partial charge >= 0.3 is 17.3 Å². The van der Waals surface area contributed by atoms with E-state index in [1.807, 2.05) is 5.32 Å². The molecule has 6 nitrogen and oxygen atoms in total. The van der Waals surface area contributed by atoms with Crippen LogP contribution in [0.1, 0.15) is 30.7 Å². The van der Waals surface area contributed by atoms with E-state index in [1.54, 1.807) is 0 Å². The van der Waals surface area contributed by atoms with Crippen LogP contribution in [-0.2, 0) is 9.53 Å². The molecular weight excluding hydrogens is 416 g/mol. The molecule has 11 heteroatoms. The number of cyclic esters (lactones) is 1. The number of aliphatic hydroxyl groups excluding tert-OH is 1. The fourth-order valence-electron chi connectivity index (χ4n) is 3.55. The molecule has 4 unspecified atom stereocenters. The summed E-state index contributed by atoms with van der Waals surface area (Å²) in [6.45, 7) is -0.418. The Morgan fingerprint density at radius 2 is 2.10 bits per heavy atom. The highest BCUT2D eigenvalue weighted by molar-refractivity contribution is 7.82. The molecule has 1 saturated heterocycles. The lowest BCUT2D eigenvalue weighted by molar-refractivity contribution is -0.135. The molecule has 0 radical (unpaired) electrons. The minimum atomic E-state index is -3.85. The second-order valence-electron chi connectivity index (χ2n) is 7.17. The number of halogens is 4. The van der Waals surface area contributed by atoms with Gasteiger partial charge in [-0.1, -0.05) is 18.7 Å². The highest BCUT2D eigenvalue weighted by Crippen LogP contribution is 2.37. The molecule has 0 spiro atoms. The Hall–Kier alpha value is -2.01. The third kappa shape index (κ3) is 4.95. The Kier molecular flexibility index (Phi) is 6.27. The van der Waals surface area contributed by atoms with Crippen LogP contribution < -0.4 is 10.2 Å². The van der Waals surface area contributed by atoms with Crippen molar-refractivity contribution in [2.45, 2.75) is 48.8 Å². The van der Waals surface area contributed by atoms with Crippen LogP contribution in [0.5, 0.6) is 0 Å². The van der Waals surface area contributed by atoms with Crippen molar-refractivity contribution < 1.29 is 37.0 Å². The first-order valence-corrected chi connectivity index (χ1v) is 9.49. The summed E-state index contributed by atoms with van der Waals surface area (Å²) in [4.78, 5) is 24.3. The van der Waals surface area contributed by atoms with E-state index in [9.17, 15) is 32.3 Å². The van der Waals surface area contributed by atoms with Gasteiger partial charge in [-0.25, -0.2) is 13.6 Å². The minimum absolute atomic E-state index is 0.0146. The molecular formula is C18H20F4N2O4S. The molecule has 0 aromatic heterocycles. The number of benzene rings is 1. The minimum Gasteiger partial charge on any atom is -0.442 e. The van der Waals surface area contributed by atoms with Crippen molar-refractivity contribution in [1.29, 1.82) is 0 Å². The van der Waals surface area contributed by atoms with Gasteiger partial charge in [-0.3, -0.25) is 9.69 Å². The normalized spacial score (nSPS) is 27.7. The van der Waals surface area contributed by atoms with Gasteiger partial charge in [0.05, 0.1) is 24.9 Å². The zero-order valence-corrected chi connectivity index (χ0v) is 16.0. The van der Waals surface area contributed by atoms with Gasteiger partial charge in [0.25, 0.3) is 0 Å². The van der Waals surface area contributed by atoms with Crippen LogP contribution in [0.4, 0.5) is 28.0 Å². The lowest BCUT2D eigenvalue weighted by atomic mass is 9.81. The highest BCUT2D eigenvalue weighted by Gasteiger charge is 2.37. The maximum Gasteiger partial charge on any atom is 0.414 e. The van der Waals surface area contributed by atoms with Gasteiger partial charge in [0, 0.05) is 0 Å². The third-order valence-corrected chi connectivity index (χ3v) is 5.31. The van der Waals surface area contributed by atoms with E-state index in [0.29, 0.717) is 12.0 Å². The summed E-state index contributed by atoms with van der Waals surface area (Å²) in [6.07, 6.45) is -3.45. The predicted molar refractivity (Wildman–Crippen MR) is 98.5 cm³/mol. The van der Waals surface area contributed by atoms with E-state index in [0.717, 1.165) is 11.0 Å². The van der Waals surface area contributed by atoms with Crippen LogP contribution in [0, 0.1) is 5.82 Å². The van der Waals surface area contributed by atoms with Crippen LogP contribution in [0.15, 0.2) is 18.2 Å². The number of nitrogens with one attached hydrogen (secondary N) is 1. The van der Waals surface area contributed by atoms with E-state index in [1.165, 1.54) is 12.1 Å². The fourth-order valence-corrected chi connectivity index (χ4v) is 3.63. The van der Waals surface area contributed by atoms with Crippen molar-refractivity contribution in [2.75, 3.05) is 18.0 Å². The molecule has 1 aliphatic heterocycles. The number of thiol groups is 1. The second kappa shape index (κ2) is 8.39. The van der Waals surface area contributed by atoms with Gasteiger partial charge in [-0.05, 0) is 42.9 Å². The number of alkyl halides is 3. The Morgan fingerprint density at radius 1 is 1.38 bits per heavy atom. The van der Waals surface area contributed by atoms with E-state index < -0.39 is 41.5 Å². The first kappa shape index (κ1) is 21.7. The SMILES string of the molecule is O=C1OC(CNC(=O)C(F)(F)S)CN1c1ccc(C2CCC(O)C(F)C2)c(F)c1. The van der Waals surface area contributed by atoms with E-state index >= 15 is 0 Å². The van der Waals surface area contributed by atoms with Gasteiger partial charge < -0.3 is 15.2 Å². The van der Waals surface area contributed by atoms with Crippen LogP contribution in [0.3, 0.4) is 0 Å². The standard InChI is InChI=1S/C18H20F4N2O4S/c19-13-6-10(2-3-12(13)9-1-4-15(25)14(20)5-9)24-8-11(28-17(24)27)7-23-16(26)18(21,22)29/h2-3,6,9,11,14-15,25,29H,1,4-5,7-8H2,(H,23,26). The first-order chi connectivity index (χ1) is 13.6. The van der Waals surface area contributed by atoms with Crippen molar-refractivity contribution in [3.05, 3.63) is 29.6 Å². The quantitative estimate of drug-likeness (QED) is 0.490. The molecule has 1 aromatic carbocycles. The van der Waals surface area contributed by atoms with Crippen molar-refractivity contribution in [1.82, 2.24) is 5.32 Å². The van der Waals surface area contributed by atoms with Crippen LogP contribution in [-0.4, -0.2) is 53.8 Å². The summed E-state index contributed by atoms with van der Waals surface area (Å²) < 4.78 is 58.8. The predicted octanol–water partition coefficient (Wildman–Crippen LogP) is 2.76. The number of aliphatic hydroxyl groups is 1. The summed E-state index contributed by atoms with van der Waals surface area (Å²) in [5.74, 6) is -2.61. The van der Waals surface area contributed by atoms with E-state index in [4.69, 9.17) is 4.74 Å². The Balaban J connectivity index is 1.64. The zero-order chi connectivity index (χ0) is 21.3. The van der Waals surface area contributed by atoms with Crippen LogP contribution in [0.25, 0.3) is 0 Å². The summed E-state index contributed by atoms with van der Waals surface area (Å²) >= 11 is 2.85. The molecule has 2 N–H and O–H groups in total. The lowest BCUT2D eigenvalue weighted by Crippen LogP contribution is -2.41. The zero-order valence-electron chi connectivity index (χ0n) is 15.2. The van der Waals surface area contributed by atoms with Crippen molar-refractivity contribution in [3.8, 4) is 0 Å². The van der Waals surface area contributed by atoms with Crippen LogP contribution in [0.2, 0.25) is 0 Å². The second-order valence-corrected chi connectivity index (χ2v) is 7.73. The third-order valence-electron chi connectivity index (χ3n) is 5.11. The number of ether oxygens (including phenoxy) is 1. The average Bonchev–Trinajstić information content (AvgIpc) is 3.02. The van der Waals surface area contributed by atoms with Gasteiger partial charge in [0.2, 0.25) is 0 Å². The molecule has 1 saturated carbocycles. The first-order valence-electron chi connectivity index (χ1n) is 9.04. The summed E-state index contributed by atoms with van der Waals surface area (Å²) in [6, 6.07) is 4.07. The average molecular weight is 436 g/mol. The van der Waals surface area contributed by atoms with Crippen molar-refractivity contribution in [2.24, 2.45) is 0 Å². The topological polar surface area (TPSA) is 78.9 Å². The van der Waals surface area contributed by atoms with E-state index in [-0.39, 0.29) is 37.5 Å². The number of nitrogens with zero attached hydrogens (tertiary/aromatic N) is 1. The highest BCUT2D eigenvalue weighted by atomic mass is 32.1. The van der Waals surface area contributed by atoms with Gasteiger partial charge in [0.1, 0.15) is 18.1 Å². The summed E-state index contributed by atoms with van der Waals surface area (Å²) in [5, 5.41) is 7.55. The number of carbonyl (C=O) groups excluding carboxylic acids is 2. The number of anilines is 1. The van der Waals surface area contributed by atoms with E-state index in [2.05, 4.69) is 12.6 Å². The molecule has 2 aliphatic rings. The fraction of sp³-hybridized carbons (Fsp3) is 0.556. The summed E-state index contributed by atoms with van der Waals surface area (Å²) in [7, 11) is 0. The Labute approximate surface area is 169 Å². The molecule has 160 valence electrons. The number of hydrogen-bond acceptors (Lipinski definition) is 5. The van der Waals surface area contributed by atoms with Gasteiger partial charge in [0.15, 0.2) is 0 Å². The Morgan fingerprint density at radius 3 is 2.72 bits per heavy atom.